The highest BCUT2D eigenvalue weighted by Gasteiger charge is 2.39. The molecule has 0 spiro atoms. The van der Waals surface area contributed by atoms with E-state index in [1.807, 2.05) is 6.92 Å². The number of carbonyl (C=O) groups is 1. The van der Waals surface area contributed by atoms with Crippen LogP contribution in [0.2, 0.25) is 0 Å². The van der Waals surface area contributed by atoms with Crippen LogP contribution in [0, 0.1) is 12.8 Å². The Morgan fingerprint density at radius 1 is 1.43 bits per heavy atom. The molecule has 4 nitrogen and oxygen atoms in total. The highest BCUT2D eigenvalue weighted by molar-refractivity contribution is 7.12. The number of thiophene rings is 1. The van der Waals surface area contributed by atoms with Gasteiger partial charge >= 0.3 is 0 Å². The van der Waals surface area contributed by atoms with Crippen molar-refractivity contribution in [3.8, 4) is 0 Å². The number of amides is 1. The van der Waals surface area contributed by atoms with E-state index in [1.54, 1.807) is 11.3 Å². The lowest BCUT2D eigenvalue weighted by Gasteiger charge is -2.26. The van der Waals surface area contributed by atoms with Gasteiger partial charge in [-0.15, -0.1) is 11.3 Å². The van der Waals surface area contributed by atoms with Gasteiger partial charge < -0.3 is 9.80 Å². The number of hydrogen-bond acceptors (Lipinski definition) is 4. The first-order chi connectivity index (χ1) is 10.1. The SMILES string of the molecule is CCN1CCC(CN2C(=O)C(C)NC2c2ccc(C)s2)C1. The van der Waals surface area contributed by atoms with Crippen molar-refractivity contribution in [2.45, 2.75) is 39.4 Å². The highest BCUT2D eigenvalue weighted by atomic mass is 32.1. The molecule has 116 valence electrons. The van der Waals surface area contributed by atoms with Crippen molar-refractivity contribution in [2.75, 3.05) is 26.2 Å². The topological polar surface area (TPSA) is 35.6 Å². The maximum Gasteiger partial charge on any atom is 0.241 e. The standard InChI is InChI=1S/C16H25N3OS/c1-4-18-8-7-13(9-18)10-19-15(17-12(3)16(19)20)14-6-5-11(2)21-14/h5-6,12-13,15,17H,4,7-10H2,1-3H3. The van der Waals surface area contributed by atoms with E-state index < -0.39 is 0 Å². The average Bonchev–Trinajstić information content (AvgIpc) is 3.15. The van der Waals surface area contributed by atoms with Gasteiger partial charge in [-0.05, 0) is 51.4 Å². The van der Waals surface area contributed by atoms with Crippen molar-refractivity contribution >= 4 is 17.2 Å². The van der Waals surface area contributed by atoms with E-state index in [-0.39, 0.29) is 18.1 Å². The van der Waals surface area contributed by atoms with E-state index in [0.717, 1.165) is 19.6 Å². The van der Waals surface area contributed by atoms with E-state index in [1.165, 1.54) is 22.7 Å². The Bertz CT molecular complexity index is 515. The summed E-state index contributed by atoms with van der Waals surface area (Å²) in [6, 6.07) is 4.23. The molecule has 0 radical (unpaired) electrons. The zero-order valence-corrected chi connectivity index (χ0v) is 13.9. The van der Waals surface area contributed by atoms with E-state index in [4.69, 9.17) is 0 Å². The summed E-state index contributed by atoms with van der Waals surface area (Å²) in [4.78, 5) is 19.6. The summed E-state index contributed by atoms with van der Waals surface area (Å²) >= 11 is 1.79. The quantitative estimate of drug-likeness (QED) is 0.926. The first-order valence-corrected chi connectivity index (χ1v) is 8.75. The molecule has 0 aromatic carbocycles. The second-order valence-electron chi connectivity index (χ2n) is 6.28. The monoisotopic (exact) mass is 307 g/mol. The molecule has 3 heterocycles. The minimum Gasteiger partial charge on any atom is -0.320 e. The first kappa shape index (κ1) is 15.0. The molecule has 21 heavy (non-hydrogen) atoms. The van der Waals surface area contributed by atoms with Gasteiger partial charge in [-0.3, -0.25) is 10.1 Å². The number of nitrogens with zero attached hydrogens (tertiary/aromatic N) is 2. The highest BCUT2D eigenvalue weighted by Crippen LogP contribution is 2.32. The summed E-state index contributed by atoms with van der Waals surface area (Å²) in [5, 5.41) is 3.46. The van der Waals surface area contributed by atoms with Crippen molar-refractivity contribution in [2.24, 2.45) is 5.92 Å². The lowest BCUT2D eigenvalue weighted by molar-refractivity contribution is -0.130. The summed E-state index contributed by atoms with van der Waals surface area (Å²) in [6.07, 6.45) is 1.28. The first-order valence-electron chi connectivity index (χ1n) is 7.93. The summed E-state index contributed by atoms with van der Waals surface area (Å²) in [7, 11) is 0. The molecular formula is C16H25N3OS. The largest absolute Gasteiger partial charge is 0.320 e. The molecule has 1 N–H and O–H groups in total. The van der Waals surface area contributed by atoms with Crippen molar-refractivity contribution in [1.82, 2.24) is 15.1 Å². The lowest BCUT2D eigenvalue weighted by Crippen LogP contribution is -2.35. The van der Waals surface area contributed by atoms with Crippen LogP contribution < -0.4 is 5.32 Å². The number of hydrogen-bond donors (Lipinski definition) is 1. The van der Waals surface area contributed by atoms with Crippen LogP contribution in [0.1, 0.15) is 36.2 Å². The number of likely N-dealkylation sites (tertiary alicyclic amines) is 1. The predicted molar refractivity (Wildman–Crippen MR) is 86.3 cm³/mol. The number of aryl methyl sites for hydroxylation is 1. The third kappa shape index (κ3) is 3.00. The maximum absolute atomic E-state index is 12.5. The van der Waals surface area contributed by atoms with Crippen molar-refractivity contribution in [3.63, 3.8) is 0 Å². The molecular weight excluding hydrogens is 282 g/mol. The molecule has 1 aromatic heterocycles. The van der Waals surface area contributed by atoms with E-state index in [2.05, 4.69) is 41.1 Å². The molecule has 2 aliphatic heterocycles. The number of carbonyl (C=O) groups excluding carboxylic acids is 1. The van der Waals surface area contributed by atoms with Gasteiger partial charge in [0.15, 0.2) is 0 Å². The second kappa shape index (κ2) is 6.07. The van der Waals surface area contributed by atoms with Gasteiger partial charge in [-0.1, -0.05) is 6.92 Å². The van der Waals surface area contributed by atoms with E-state index >= 15 is 0 Å². The maximum atomic E-state index is 12.5. The van der Waals surface area contributed by atoms with Gasteiger partial charge in [-0.25, -0.2) is 0 Å². The van der Waals surface area contributed by atoms with Crippen LogP contribution in [0.4, 0.5) is 0 Å². The Morgan fingerprint density at radius 2 is 2.24 bits per heavy atom. The van der Waals surface area contributed by atoms with Crippen LogP contribution in [-0.4, -0.2) is 47.9 Å². The summed E-state index contributed by atoms with van der Waals surface area (Å²) in [6.45, 7) is 10.6. The van der Waals surface area contributed by atoms with Crippen LogP contribution in [0.3, 0.4) is 0 Å². The van der Waals surface area contributed by atoms with Crippen LogP contribution in [0.25, 0.3) is 0 Å². The Hall–Kier alpha value is -0.910. The van der Waals surface area contributed by atoms with Crippen LogP contribution in [0.5, 0.6) is 0 Å². The fraction of sp³-hybridized carbons (Fsp3) is 0.688. The third-order valence-corrected chi connectivity index (χ3v) is 5.73. The van der Waals surface area contributed by atoms with Crippen LogP contribution in [-0.2, 0) is 4.79 Å². The molecule has 1 amide bonds. The zero-order valence-electron chi connectivity index (χ0n) is 13.1. The summed E-state index contributed by atoms with van der Waals surface area (Å²) in [5.41, 5.74) is 0. The average molecular weight is 307 g/mol. The molecule has 2 aliphatic rings. The second-order valence-corrected chi connectivity index (χ2v) is 7.60. The van der Waals surface area contributed by atoms with Crippen LogP contribution in [0.15, 0.2) is 12.1 Å². The predicted octanol–water partition coefficient (Wildman–Crippen LogP) is 2.22. The Kier molecular flexibility index (Phi) is 4.33. The van der Waals surface area contributed by atoms with Crippen molar-refractivity contribution in [3.05, 3.63) is 21.9 Å². The minimum absolute atomic E-state index is 0.0684. The Morgan fingerprint density at radius 3 is 2.86 bits per heavy atom. The van der Waals surface area contributed by atoms with E-state index in [0.29, 0.717) is 5.92 Å². The molecule has 1 aromatic rings. The smallest absolute Gasteiger partial charge is 0.241 e. The van der Waals surface area contributed by atoms with Crippen molar-refractivity contribution in [1.29, 1.82) is 0 Å². The fourth-order valence-corrected chi connectivity index (χ4v) is 4.38. The molecule has 0 aliphatic carbocycles. The van der Waals surface area contributed by atoms with Gasteiger partial charge in [0.25, 0.3) is 0 Å². The van der Waals surface area contributed by atoms with Gasteiger partial charge in [0, 0.05) is 22.8 Å². The van der Waals surface area contributed by atoms with Gasteiger partial charge in [0.05, 0.1) is 6.04 Å². The molecule has 0 saturated carbocycles. The van der Waals surface area contributed by atoms with Gasteiger partial charge in [-0.2, -0.15) is 0 Å². The molecule has 5 heteroatoms. The number of rotatable bonds is 4. The minimum atomic E-state index is -0.0684. The third-order valence-electron chi connectivity index (χ3n) is 4.68. The van der Waals surface area contributed by atoms with Gasteiger partial charge in [0.2, 0.25) is 5.91 Å². The Labute approximate surface area is 131 Å². The molecule has 0 bridgehead atoms. The van der Waals surface area contributed by atoms with E-state index in [9.17, 15) is 4.79 Å². The summed E-state index contributed by atoms with van der Waals surface area (Å²) in [5.74, 6) is 0.866. The molecule has 2 fully saturated rings. The number of nitrogens with one attached hydrogen (secondary N) is 1. The van der Waals surface area contributed by atoms with Crippen molar-refractivity contribution < 1.29 is 4.79 Å². The van der Waals surface area contributed by atoms with Crippen LogP contribution >= 0.6 is 11.3 Å². The molecule has 2 saturated heterocycles. The summed E-state index contributed by atoms with van der Waals surface area (Å²) < 4.78 is 0. The molecule has 3 rings (SSSR count). The molecule has 3 atom stereocenters. The fourth-order valence-electron chi connectivity index (χ4n) is 3.43. The molecule has 3 unspecified atom stereocenters. The normalized spacial score (nSPS) is 30.5. The zero-order chi connectivity index (χ0) is 15.0. The lowest BCUT2D eigenvalue weighted by atomic mass is 10.1. The van der Waals surface area contributed by atoms with Gasteiger partial charge in [0.1, 0.15) is 6.17 Å². The Balaban J connectivity index is 1.72.